The summed E-state index contributed by atoms with van der Waals surface area (Å²) in [6.45, 7) is 3.82. The lowest BCUT2D eigenvalue weighted by molar-refractivity contribution is 0.106. The van der Waals surface area contributed by atoms with Crippen LogP contribution in [0.4, 0.5) is 0 Å². The van der Waals surface area contributed by atoms with E-state index in [0.29, 0.717) is 15.5 Å². The topological polar surface area (TPSA) is 17.1 Å². The third-order valence-corrected chi connectivity index (χ3v) is 3.33. The number of Topliss-reactive ketones (excluding diaryl/α,β-unsaturated/α-hetero) is 1. The Kier molecular flexibility index (Phi) is 3.22. The number of carbonyl (C=O) groups excluding carboxylic acids is 1. The number of halogens is 1. The molecule has 3 heteroatoms. The van der Waals surface area contributed by atoms with E-state index in [4.69, 9.17) is 11.6 Å². The van der Waals surface area contributed by atoms with E-state index in [9.17, 15) is 4.79 Å². The van der Waals surface area contributed by atoms with Crippen LogP contribution in [0.3, 0.4) is 0 Å². The average Bonchev–Trinajstić information content (AvgIpc) is 2.81. The van der Waals surface area contributed by atoms with E-state index in [-0.39, 0.29) is 5.78 Å². The van der Waals surface area contributed by atoms with Gasteiger partial charge in [-0.3, -0.25) is 4.79 Å². The number of allylic oxidation sites excluding steroid dienone is 1. The maximum Gasteiger partial charge on any atom is 0.202 e. The molecule has 1 nitrogen and oxygen atoms in total. The molecule has 0 radical (unpaired) electrons. The molecule has 2 rings (SSSR count). The molecule has 16 heavy (non-hydrogen) atoms. The first-order valence-electron chi connectivity index (χ1n) is 4.71. The zero-order chi connectivity index (χ0) is 11.5. The Morgan fingerprint density at radius 2 is 1.88 bits per heavy atom. The van der Waals surface area contributed by atoms with Crippen LogP contribution >= 0.6 is 22.9 Å². The number of benzene rings is 1. The van der Waals surface area contributed by atoms with Crippen molar-refractivity contribution in [3.63, 3.8) is 0 Å². The van der Waals surface area contributed by atoms with Crippen LogP contribution in [0.25, 0.3) is 5.57 Å². The average molecular weight is 249 g/mol. The highest BCUT2D eigenvalue weighted by atomic mass is 35.5. The summed E-state index contributed by atoms with van der Waals surface area (Å²) < 4.78 is 0. The van der Waals surface area contributed by atoms with Crippen LogP contribution in [-0.2, 0) is 0 Å². The van der Waals surface area contributed by atoms with E-state index in [0.717, 1.165) is 5.56 Å². The first kappa shape index (κ1) is 11.1. The number of carbonyl (C=O) groups is 1. The van der Waals surface area contributed by atoms with E-state index in [2.05, 4.69) is 6.58 Å². The van der Waals surface area contributed by atoms with Crippen molar-refractivity contribution in [3.05, 3.63) is 63.8 Å². The number of rotatable bonds is 3. The highest BCUT2D eigenvalue weighted by molar-refractivity contribution is 7.12. The zero-order valence-electron chi connectivity index (χ0n) is 8.44. The third-order valence-electron chi connectivity index (χ3n) is 2.21. The second-order valence-electron chi connectivity index (χ2n) is 3.29. The van der Waals surface area contributed by atoms with Gasteiger partial charge in [0.05, 0.1) is 4.88 Å². The van der Waals surface area contributed by atoms with Gasteiger partial charge in [-0.15, -0.1) is 11.3 Å². The molecule has 0 N–H and O–H groups in total. The van der Waals surface area contributed by atoms with Crippen LogP contribution in [0.1, 0.15) is 15.2 Å². The maximum absolute atomic E-state index is 12.0. The van der Waals surface area contributed by atoms with Gasteiger partial charge in [0.25, 0.3) is 0 Å². The summed E-state index contributed by atoms with van der Waals surface area (Å²) >= 11 is 7.20. The smallest absolute Gasteiger partial charge is 0.202 e. The normalized spacial score (nSPS) is 10.1. The Balaban J connectivity index is 2.26. The summed E-state index contributed by atoms with van der Waals surface area (Å²) in [4.78, 5) is 12.7. The fraction of sp³-hybridized carbons (Fsp3) is 0. The highest BCUT2D eigenvalue weighted by Crippen LogP contribution is 2.22. The zero-order valence-corrected chi connectivity index (χ0v) is 10.0. The van der Waals surface area contributed by atoms with Crippen molar-refractivity contribution < 1.29 is 4.79 Å². The predicted octanol–water partition coefficient (Wildman–Crippen LogP) is 4.30. The molecule has 0 spiro atoms. The molecular formula is C13H9ClOS. The standard InChI is InChI=1S/C13H9ClOS/c1-9(10-4-6-11(14)7-5-10)13(15)12-3-2-8-16-12/h2-8H,1H2. The fourth-order valence-electron chi connectivity index (χ4n) is 1.34. The molecule has 0 fully saturated rings. The van der Waals surface area contributed by atoms with Gasteiger partial charge in [0.15, 0.2) is 0 Å². The minimum Gasteiger partial charge on any atom is -0.288 e. The van der Waals surface area contributed by atoms with Crippen molar-refractivity contribution in [1.82, 2.24) is 0 Å². The van der Waals surface area contributed by atoms with Crippen LogP contribution in [0.2, 0.25) is 5.02 Å². The summed E-state index contributed by atoms with van der Waals surface area (Å²) in [5.41, 5.74) is 1.31. The van der Waals surface area contributed by atoms with Gasteiger partial charge in [-0.2, -0.15) is 0 Å². The lowest BCUT2D eigenvalue weighted by atomic mass is 10.0. The van der Waals surface area contributed by atoms with Crippen molar-refractivity contribution in [2.75, 3.05) is 0 Å². The van der Waals surface area contributed by atoms with Gasteiger partial charge in [0, 0.05) is 10.6 Å². The molecule has 0 saturated carbocycles. The van der Waals surface area contributed by atoms with Crippen LogP contribution in [-0.4, -0.2) is 5.78 Å². The first-order chi connectivity index (χ1) is 7.68. The molecule has 0 aliphatic rings. The molecule has 80 valence electrons. The van der Waals surface area contributed by atoms with Gasteiger partial charge in [-0.05, 0) is 29.1 Å². The Labute approximate surface area is 103 Å². The summed E-state index contributed by atoms with van der Waals surface area (Å²) in [5.74, 6) is -0.0303. The second-order valence-corrected chi connectivity index (χ2v) is 4.68. The van der Waals surface area contributed by atoms with Crippen molar-refractivity contribution in [2.45, 2.75) is 0 Å². The van der Waals surface area contributed by atoms with Gasteiger partial charge in [-0.1, -0.05) is 36.4 Å². The minimum absolute atomic E-state index is 0.0303. The Hall–Kier alpha value is -1.38. The summed E-state index contributed by atoms with van der Waals surface area (Å²) in [5, 5.41) is 2.53. The summed E-state index contributed by atoms with van der Waals surface area (Å²) in [7, 11) is 0. The SMILES string of the molecule is C=C(C(=O)c1cccs1)c1ccc(Cl)cc1. The van der Waals surface area contributed by atoms with E-state index < -0.39 is 0 Å². The fourth-order valence-corrected chi connectivity index (χ4v) is 2.16. The second kappa shape index (κ2) is 4.64. The van der Waals surface area contributed by atoms with Crippen molar-refractivity contribution in [2.24, 2.45) is 0 Å². The quantitative estimate of drug-likeness (QED) is 0.585. The maximum atomic E-state index is 12.0. The lowest BCUT2D eigenvalue weighted by Gasteiger charge is -2.03. The Morgan fingerprint density at radius 3 is 2.44 bits per heavy atom. The van der Waals surface area contributed by atoms with Gasteiger partial charge in [0.2, 0.25) is 5.78 Å². The highest BCUT2D eigenvalue weighted by Gasteiger charge is 2.12. The molecule has 2 aromatic rings. The molecule has 1 aromatic carbocycles. The van der Waals surface area contributed by atoms with Gasteiger partial charge in [0.1, 0.15) is 0 Å². The molecule has 1 aromatic heterocycles. The van der Waals surface area contributed by atoms with Gasteiger partial charge < -0.3 is 0 Å². The van der Waals surface area contributed by atoms with Crippen LogP contribution in [0, 0.1) is 0 Å². The van der Waals surface area contributed by atoms with Crippen molar-refractivity contribution in [1.29, 1.82) is 0 Å². The first-order valence-corrected chi connectivity index (χ1v) is 5.97. The van der Waals surface area contributed by atoms with Crippen molar-refractivity contribution >= 4 is 34.3 Å². The predicted molar refractivity (Wildman–Crippen MR) is 69.1 cm³/mol. The molecule has 0 unspecified atom stereocenters. The van der Waals surface area contributed by atoms with E-state index in [1.54, 1.807) is 30.3 Å². The summed E-state index contributed by atoms with van der Waals surface area (Å²) in [6, 6.07) is 10.8. The molecule has 0 aliphatic carbocycles. The molecule has 0 aliphatic heterocycles. The third kappa shape index (κ3) is 2.23. The summed E-state index contributed by atoms with van der Waals surface area (Å²) in [6.07, 6.45) is 0. The monoisotopic (exact) mass is 248 g/mol. The largest absolute Gasteiger partial charge is 0.288 e. The van der Waals surface area contributed by atoms with Gasteiger partial charge in [-0.25, -0.2) is 0 Å². The lowest BCUT2D eigenvalue weighted by Crippen LogP contribution is -1.98. The number of thiophene rings is 1. The van der Waals surface area contributed by atoms with Crippen LogP contribution in [0.5, 0.6) is 0 Å². The molecule has 0 amide bonds. The van der Waals surface area contributed by atoms with E-state index in [1.807, 2.05) is 11.4 Å². The van der Waals surface area contributed by atoms with E-state index in [1.165, 1.54) is 11.3 Å². The molecule has 0 bridgehead atoms. The molecule has 0 saturated heterocycles. The molecular weight excluding hydrogens is 240 g/mol. The van der Waals surface area contributed by atoms with Crippen LogP contribution in [0.15, 0.2) is 48.4 Å². The van der Waals surface area contributed by atoms with E-state index >= 15 is 0 Å². The van der Waals surface area contributed by atoms with Gasteiger partial charge >= 0.3 is 0 Å². The molecule has 0 atom stereocenters. The number of hydrogen-bond acceptors (Lipinski definition) is 2. The Bertz CT molecular complexity index is 511. The van der Waals surface area contributed by atoms with Crippen molar-refractivity contribution in [3.8, 4) is 0 Å². The molecule has 1 heterocycles. The van der Waals surface area contributed by atoms with Crippen LogP contribution < -0.4 is 0 Å². The Morgan fingerprint density at radius 1 is 1.19 bits per heavy atom. The minimum atomic E-state index is -0.0303. The number of ketones is 1. The number of hydrogen-bond donors (Lipinski definition) is 0.